The Kier molecular flexibility index (Phi) is 5.43. The van der Waals surface area contributed by atoms with Gasteiger partial charge in [-0.25, -0.2) is 0 Å². The molecule has 20 heavy (non-hydrogen) atoms. The van der Waals surface area contributed by atoms with E-state index >= 15 is 0 Å². The fraction of sp³-hybridized carbons (Fsp3) is 0.533. The van der Waals surface area contributed by atoms with Crippen LogP contribution in [0.5, 0.6) is 5.75 Å². The van der Waals surface area contributed by atoms with Crippen LogP contribution in [0.3, 0.4) is 0 Å². The zero-order valence-corrected chi connectivity index (χ0v) is 13.2. The molecule has 1 fully saturated rings. The minimum absolute atomic E-state index is 0.0567. The summed E-state index contributed by atoms with van der Waals surface area (Å²) in [6.07, 6.45) is 3.56. The van der Waals surface area contributed by atoms with Crippen molar-refractivity contribution in [3.8, 4) is 5.75 Å². The second kappa shape index (κ2) is 7.09. The fourth-order valence-electron chi connectivity index (χ4n) is 2.17. The molecule has 0 spiro atoms. The lowest BCUT2D eigenvalue weighted by Crippen LogP contribution is -2.30. The van der Waals surface area contributed by atoms with Gasteiger partial charge in [-0.3, -0.25) is 4.79 Å². The van der Waals surface area contributed by atoms with Gasteiger partial charge in [0.2, 0.25) is 5.91 Å². The number of phenols is 1. The first-order chi connectivity index (χ1) is 9.60. The molecular formula is C15H21BrN2O2. The van der Waals surface area contributed by atoms with Crippen molar-refractivity contribution >= 4 is 21.8 Å². The van der Waals surface area contributed by atoms with Gasteiger partial charge in [0.1, 0.15) is 5.75 Å². The maximum Gasteiger partial charge on any atom is 0.221 e. The number of halogens is 1. The van der Waals surface area contributed by atoms with Crippen molar-refractivity contribution in [1.82, 2.24) is 10.6 Å². The first-order valence-corrected chi connectivity index (χ1v) is 7.90. The number of hydrogen-bond donors (Lipinski definition) is 3. The lowest BCUT2D eigenvalue weighted by molar-refractivity contribution is -0.121. The topological polar surface area (TPSA) is 61.4 Å². The maximum absolute atomic E-state index is 11.6. The summed E-state index contributed by atoms with van der Waals surface area (Å²) in [6.45, 7) is 2.67. The van der Waals surface area contributed by atoms with Gasteiger partial charge in [0.05, 0.1) is 0 Å². The van der Waals surface area contributed by atoms with E-state index in [0.29, 0.717) is 19.0 Å². The molecule has 1 atom stereocenters. The molecule has 1 aromatic carbocycles. The molecule has 1 saturated carbocycles. The number of aromatic hydroxyl groups is 1. The van der Waals surface area contributed by atoms with Crippen LogP contribution in [0.1, 0.15) is 44.2 Å². The molecule has 1 aromatic rings. The van der Waals surface area contributed by atoms with Crippen molar-refractivity contribution in [3.05, 3.63) is 28.2 Å². The van der Waals surface area contributed by atoms with Crippen molar-refractivity contribution in [2.24, 2.45) is 0 Å². The molecule has 1 aliphatic rings. The summed E-state index contributed by atoms with van der Waals surface area (Å²) in [6, 6.07) is 5.89. The summed E-state index contributed by atoms with van der Waals surface area (Å²) in [5, 5.41) is 16.2. The predicted molar refractivity (Wildman–Crippen MR) is 82.6 cm³/mol. The predicted octanol–water partition coefficient (Wildman–Crippen LogP) is 2.86. The van der Waals surface area contributed by atoms with Crippen LogP contribution in [-0.4, -0.2) is 23.6 Å². The van der Waals surface area contributed by atoms with Gasteiger partial charge in [-0.05, 0) is 37.5 Å². The molecule has 0 aromatic heterocycles. The molecule has 4 nitrogen and oxygen atoms in total. The average Bonchev–Trinajstić information content (AvgIpc) is 3.22. The summed E-state index contributed by atoms with van der Waals surface area (Å²) in [5.74, 6) is 0.392. The summed E-state index contributed by atoms with van der Waals surface area (Å²) < 4.78 is 0.942. The van der Waals surface area contributed by atoms with Crippen LogP contribution < -0.4 is 10.6 Å². The summed E-state index contributed by atoms with van der Waals surface area (Å²) in [5.41, 5.74) is 0.865. The van der Waals surface area contributed by atoms with E-state index in [1.54, 1.807) is 6.07 Å². The Morgan fingerprint density at radius 1 is 1.50 bits per heavy atom. The monoisotopic (exact) mass is 340 g/mol. The van der Waals surface area contributed by atoms with Gasteiger partial charge in [0.25, 0.3) is 0 Å². The normalized spacial score (nSPS) is 15.9. The van der Waals surface area contributed by atoms with Crippen molar-refractivity contribution in [1.29, 1.82) is 0 Å². The molecule has 1 unspecified atom stereocenters. The number of phenolic OH excluding ortho intramolecular Hbond substituents is 1. The molecule has 0 heterocycles. The van der Waals surface area contributed by atoms with E-state index in [2.05, 4.69) is 33.5 Å². The summed E-state index contributed by atoms with van der Waals surface area (Å²) >= 11 is 3.42. The highest BCUT2D eigenvalue weighted by Crippen LogP contribution is 2.29. The van der Waals surface area contributed by atoms with Gasteiger partial charge in [-0.15, -0.1) is 0 Å². The zero-order chi connectivity index (χ0) is 14.5. The number of carbonyl (C=O) groups is 1. The Bertz CT molecular complexity index is 475. The Labute approximate surface area is 128 Å². The third kappa shape index (κ3) is 4.49. The van der Waals surface area contributed by atoms with Gasteiger partial charge in [0, 0.05) is 35.1 Å². The highest BCUT2D eigenvalue weighted by Gasteiger charge is 2.23. The summed E-state index contributed by atoms with van der Waals surface area (Å²) in [4.78, 5) is 11.6. The third-order valence-corrected chi connectivity index (χ3v) is 3.95. The van der Waals surface area contributed by atoms with Crippen LogP contribution in [0, 0.1) is 0 Å². The minimum atomic E-state index is 0.0567. The first kappa shape index (κ1) is 15.3. The number of amides is 1. The van der Waals surface area contributed by atoms with Gasteiger partial charge in [-0.1, -0.05) is 22.9 Å². The van der Waals surface area contributed by atoms with E-state index in [1.165, 1.54) is 0 Å². The number of benzene rings is 1. The van der Waals surface area contributed by atoms with Crippen molar-refractivity contribution in [3.63, 3.8) is 0 Å². The van der Waals surface area contributed by atoms with E-state index in [-0.39, 0.29) is 17.7 Å². The first-order valence-electron chi connectivity index (χ1n) is 7.11. The molecule has 1 aliphatic carbocycles. The smallest absolute Gasteiger partial charge is 0.221 e. The molecule has 0 bridgehead atoms. The van der Waals surface area contributed by atoms with Gasteiger partial charge >= 0.3 is 0 Å². The molecule has 1 amide bonds. The molecular weight excluding hydrogens is 320 g/mol. The summed E-state index contributed by atoms with van der Waals surface area (Å²) in [7, 11) is 0. The Hall–Kier alpha value is -1.07. The van der Waals surface area contributed by atoms with Crippen LogP contribution in [0.25, 0.3) is 0 Å². The van der Waals surface area contributed by atoms with Crippen LogP contribution in [-0.2, 0) is 4.79 Å². The number of carbonyl (C=O) groups excluding carboxylic acids is 1. The molecule has 110 valence electrons. The van der Waals surface area contributed by atoms with Crippen LogP contribution >= 0.6 is 15.9 Å². The van der Waals surface area contributed by atoms with E-state index in [1.807, 2.05) is 12.1 Å². The highest BCUT2D eigenvalue weighted by atomic mass is 79.9. The molecule has 0 radical (unpaired) electrons. The van der Waals surface area contributed by atoms with Gasteiger partial charge in [-0.2, -0.15) is 0 Å². The van der Waals surface area contributed by atoms with Crippen LogP contribution in [0.4, 0.5) is 0 Å². The van der Waals surface area contributed by atoms with Crippen molar-refractivity contribution in [2.45, 2.75) is 44.7 Å². The minimum Gasteiger partial charge on any atom is -0.508 e. The lowest BCUT2D eigenvalue weighted by Gasteiger charge is -2.19. The van der Waals surface area contributed by atoms with E-state index in [0.717, 1.165) is 29.3 Å². The molecule has 0 saturated heterocycles. The molecule has 0 aliphatic heterocycles. The molecule has 3 N–H and O–H groups in total. The number of nitrogens with one attached hydrogen (secondary N) is 2. The molecule has 2 rings (SSSR count). The third-order valence-electron chi connectivity index (χ3n) is 3.46. The maximum atomic E-state index is 11.6. The van der Waals surface area contributed by atoms with E-state index in [4.69, 9.17) is 0 Å². The highest BCUT2D eigenvalue weighted by molar-refractivity contribution is 9.10. The Morgan fingerprint density at radius 2 is 2.25 bits per heavy atom. The van der Waals surface area contributed by atoms with Crippen LogP contribution in [0.15, 0.2) is 22.7 Å². The zero-order valence-electron chi connectivity index (χ0n) is 11.7. The fourth-order valence-corrected chi connectivity index (χ4v) is 2.54. The standard InChI is InChI=1S/C15H21BrN2O2/c1-2-13(12-9-10(16)3-6-14(12)19)17-8-7-15(20)18-11-4-5-11/h3,6,9,11,13,17,19H,2,4-5,7-8H2,1H3,(H,18,20). The van der Waals surface area contributed by atoms with Crippen molar-refractivity contribution in [2.75, 3.05) is 6.54 Å². The van der Waals surface area contributed by atoms with E-state index < -0.39 is 0 Å². The number of hydrogen-bond acceptors (Lipinski definition) is 3. The van der Waals surface area contributed by atoms with Gasteiger partial charge < -0.3 is 15.7 Å². The Balaban J connectivity index is 1.84. The van der Waals surface area contributed by atoms with E-state index in [9.17, 15) is 9.90 Å². The lowest BCUT2D eigenvalue weighted by atomic mass is 10.0. The van der Waals surface area contributed by atoms with Crippen LogP contribution in [0.2, 0.25) is 0 Å². The SMILES string of the molecule is CCC(NCCC(=O)NC1CC1)c1cc(Br)ccc1O. The second-order valence-electron chi connectivity index (χ2n) is 5.21. The van der Waals surface area contributed by atoms with Crippen molar-refractivity contribution < 1.29 is 9.90 Å². The largest absolute Gasteiger partial charge is 0.508 e. The molecule has 5 heteroatoms. The average molecular weight is 341 g/mol. The quantitative estimate of drug-likeness (QED) is 0.715. The van der Waals surface area contributed by atoms with Gasteiger partial charge in [0.15, 0.2) is 0 Å². The second-order valence-corrected chi connectivity index (χ2v) is 6.13. The number of rotatable bonds is 7. The Morgan fingerprint density at radius 3 is 2.90 bits per heavy atom.